The smallest absolute Gasteiger partial charge is 0.296 e. The standard InChI is InChI=1S/C24H27F2N5O4S2/c1-28-23-12-18(5-6-22(23)31(37(28,34)35)16-20-13-24(20,25)26)21-11-17(3-4-19(21)14-27)15-29-7-9-30(10-8-29)36(2,32)33/h3-6,11-12,20H,7-10,13,15-16H2,1-2H3. The SMILES string of the molecule is CN1c2cc(-c3cc(CN4CCN(S(C)(=O)=O)CC4)ccc3C#N)ccc2N(CC2CC2(F)F)S1(=O)=O. The molecule has 2 aliphatic heterocycles. The summed E-state index contributed by atoms with van der Waals surface area (Å²) >= 11 is 0. The average Bonchev–Trinajstić information content (AvgIpc) is 3.41. The topological polar surface area (TPSA) is 105 Å². The molecule has 0 radical (unpaired) electrons. The molecule has 0 aromatic heterocycles. The predicted octanol–water partition coefficient (Wildman–Crippen LogP) is 2.46. The van der Waals surface area contributed by atoms with Crippen LogP contribution in [-0.4, -0.2) is 78.0 Å². The summed E-state index contributed by atoms with van der Waals surface area (Å²) in [4.78, 5) is 2.14. The van der Waals surface area contributed by atoms with Gasteiger partial charge in [0, 0.05) is 58.7 Å². The molecule has 0 amide bonds. The highest BCUT2D eigenvalue weighted by atomic mass is 32.2. The number of nitriles is 1. The maximum atomic E-state index is 13.5. The molecule has 2 aromatic carbocycles. The fourth-order valence-electron chi connectivity index (χ4n) is 4.91. The number of hydrogen-bond donors (Lipinski definition) is 0. The zero-order chi connectivity index (χ0) is 26.8. The van der Waals surface area contributed by atoms with Crippen molar-refractivity contribution in [1.82, 2.24) is 9.21 Å². The summed E-state index contributed by atoms with van der Waals surface area (Å²) in [6, 6.07) is 12.6. The Kier molecular flexibility index (Phi) is 6.22. The third-order valence-electron chi connectivity index (χ3n) is 7.27. The van der Waals surface area contributed by atoms with Gasteiger partial charge in [0.05, 0.1) is 29.3 Å². The van der Waals surface area contributed by atoms with E-state index in [2.05, 4.69) is 11.0 Å². The summed E-state index contributed by atoms with van der Waals surface area (Å²) in [6.45, 7) is 2.28. The molecule has 13 heteroatoms. The van der Waals surface area contributed by atoms with Crippen LogP contribution in [0.1, 0.15) is 17.5 Å². The third-order valence-corrected chi connectivity index (χ3v) is 10.4. The van der Waals surface area contributed by atoms with Gasteiger partial charge < -0.3 is 0 Å². The fraction of sp³-hybridized carbons (Fsp3) is 0.458. The monoisotopic (exact) mass is 551 g/mol. The Morgan fingerprint density at radius 3 is 2.35 bits per heavy atom. The number of benzene rings is 2. The molecule has 1 saturated carbocycles. The van der Waals surface area contributed by atoms with Crippen molar-refractivity contribution in [2.45, 2.75) is 18.9 Å². The van der Waals surface area contributed by atoms with Crippen molar-refractivity contribution in [3.05, 3.63) is 47.5 Å². The molecule has 2 aromatic rings. The highest BCUT2D eigenvalue weighted by Gasteiger charge is 2.59. The van der Waals surface area contributed by atoms with Gasteiger partial charge in [0.25, 0.3) is 5.92 Å². The van der Waals surface area contributed by atoms with E-state index in [1.165, 1.54) is 17.6 Å². The van der Waals surface area contributed by atoms with Gasteiger partial charge in [-0.15, -0.1) is 0 Å². The van der Waals surface area contributed by atoms with Crippen LogP contribution in [0.2, 0.25) is 0 Å². The summed E-state index contributed by atoms with van der Waals surface area (Å²) in [6.07, 6.45) is 0.882. The number of sulfonamides is 1. The van der Waals surface area contributed by atoms with Crippen LogP contribution in [0.15, 0.2) is 36.4 Å². The van der Waals surface area contributed by atoms with E-state index in [9.17, 15) is 30.9 Å². The second-order valence-corrected chi connectivity index (χ2v) is 13.7. The zero-order valence-electron chi connectivity index (χ0n) is 20.4. The lowest BCUT2D eigenvalue weighted by Crippen LogP contribution is -2.47. The minimum absolute atomic E-state index is 0.280. The molecule has 37 heavy (non-hydrogen) atoms. The van der Waals surface area contributed by atoms with Gasteiger partial charge in [-0.2, -0.15) is 18.0 Å². The first-order valence-corrected chi connectivity index (χ1v) is 15.0. The normalized spacial score (nSPS) is 23.1. The number of anilines is 2. The number of halogens is 2. The highest BCUT2D eigenvalue weighted by molar-refractivity contribution is 7.94. The number of piperazine rings is 1. The van der Waals surface area contributed by atoms with Crippen molar-refractivity contribution in [3.63, 3.8) is 0 Å². The van der Waals surface area contributed by atoms with Crippen LogP contribution >= 0.6 is 0 Å². The Morgan fingerprint density at radius 2 is 1.76 bits per heavy atom. The Labute approximate surface area is 215 Å². The van der Waals surface area contributed by atoms with Crippen molar-refractivity contribution >= 4 is 31.6 Å². The van der Waals surface area contributed by atoms with Crippen LogP contribution in [0, 0.1) is 17.2 Å². The van der Waals surface area contributed by atoms with Crippen LogP contribution < -0.4 is 8.61 Å². The molecule has 2 fully saturated rings. The molecule has 1 unspecified atom stereocenters. The molecule has 1 aliphatic carbocycles. The highest BCUT2D eigenvalue weighted by Crippen LogP contribution is 2.51. The molecule has 3 aliphatic rings. The molecule has 5 rings (SSSR count). The van der Waals surface area contributed by atoms with Crippen molar-refractivity contribution < 1.29 is 25.6 Å². The van der Waals surface area contributed by atoms with Crippen LogP contribution in [-0.2, 0) is 26.8 Å². The molecule has 2 heterocycles. The van der Waals surface area contributed by atoms with Gasteiger partial charge >= 0.3 is 10.2 Å². The summed E-state index contributed by atoms with van der Waals surface area (Å²) in [7, 11) is -5.80. The molecule has 198 valence electrons. The van der Waals surface area contributed by atoms with Gasteiger partial charge in [-0.05, 0) is 41.0 Å². The summed E-state index contributed by atoms with van der Waals surface area (Å²) in [5, 5.41) is 9.71. The minimum Gasteiger partial charge on any atom is -0.296 e. The van der Waals surface area contributed by atoms with E-state index in [1.807, 2.05) is 12.1 Å². The zero-order valence-corrected chi connectivity index (χ0v) is 22.1. The van der Waals surface area contributed by atoms with E-state index in [-0.39, 0.29) is 13.0 Å². The van der Waals surface area contributed by atoms with E-state index >= 15 is 0 Å². The first-order chi connectivity index (χ1) is 17.3. The van der Waals surface area contributed by atoms with Gasteiger partial charge in [0.15, 0.2) is 0 Å². The van der Waals surface area contributed by atoms with Crippen molar-refractivity contribution in [2.75, 3.05) is 54.6 Å². The van der Waals surface area contributed by atoms with Gasteiger partial charge in [0.2, 0.25) is 10.0 Å². The van der Waals surface area contributed by atoms with E-state index in [0.717, 1.165) is 14.2 Å². The predicted molar refractivity (Wildman–Crippen MR) is 136 cm³/mol. The second kappa shape index (κ2) is 8.90. The van der Waals surface area contributed by atoms with Gasteiger partial charge in [-0.1, -0.05) is 12.1 Å². The number of hydrogen-bond acceptors (Lipinski definition) is 6. The van der Waals surface area contributed by atoms with Crippen molar-refractivity contribution in [2.24, 2.45) is 5.92 Å². The maximum absolute atomic E-state index is 13.5. The molecule has 0 bridgehead atoms. The fourth-order valence-corrected chi connectivity index (χ4v) is 7.20. The molecule has 0 spiro atoms. The Bertz CT molecular complexity index is 1500. The largest absolute Gasteiger partial charge is 0.326 e. The average molecular weight is 552 g/mol. The minimum atomic E-state index is -3.97. The lowest BCUT2D eigenvalue weighted by Gasteiger charge is -2.33. The number of fused-ring (bicyclic) bond motifs is 1. The van der Waals surface area contributed by atoms with E-state index < -0.39 is 32.1 Å². The van der Waals surface area contributed by atoms with Gasteiger partial charge in [-0.3, -0.25) is 13.5 Å². The number of alkyl halides is 2. The molecule has 1 atom stereocenters. The summed E-state index contributed by atoms with van der Waals surface area (Å²) < 4.78 is 80.1. The number of rotatable bonds is 6. The second-order valence-electron chi connectivity index (χ2n) is 9.80. The Balaban J connectivity index is 1.41. The quantitative estimate of drug-likeness (QED) is 0.546. The van der Waals surface area contributed by atoms with Crippen LogP contribution in [0.3, 0.4) is 0 Å². The van der Waals surface area contributed by atoms with E-state index in [0.29, 0.717) is 60.8 Å². The maximum Gasteiger partial charge on any atom is 0.326 e. The van der Waals surface area contributed by atoms with Crippen LogP contribution in [0.5, 0.6) is 0 Å². The first-order valence-electron chi connectivity index (χ1n) is 11.8. The lowest BCUT2D eigenvalue weighted by atomic mass is 9.96. The summed E-state index contributed by atoms with van der Waals surface area (Å²) in [5.41, 5.74) is 3.33. The van der Waals surface area contributed by atoms with E-state index in [1.54, 1.807) is 24.3 Å². The Morgan fingerprint density at radius 1 is 1.08 bits per heavy atom. The lowest BCUT2D eigenvalue weighted by molar-refractivity contribution is 0.101. The van der Waals surface area contributed by atoms with Crippen LogP contribution in [0.4, 0.5) is 20.2 Å². The molecular formula is C24H27F2N5O4S2. The molecule has 0 N–H and O–H groups in total. The molecule has 1 saturated heterocycles. The van der Waals surface area contributed by atoms with Crippen LogP contribution in [0.25, 0.3) is 11.1 Å². The van der Waals surface area contributed by atoms with Gasteiger partial charge in [0.1, 0.15) is 0 Å². The summed E-state index contributed by atoms with van der Waals surface area (Å²) in [5.74, 6) is -3.83. The van der Waals surface area contributed by atoms with Crippen molar-refractivity contribution in [1.29, 1.82) is 5.26 Å². The third kappa shape index (κ3) is 4.79. The first kappa shape index (κ1) is 25.8. The Hall–Kier alpha value is -2.79. The van der Waals surface area contributed by atoms with Crippen molar-refractivity contribution in [3.8, 4) is 17.2 Å². The molecular weight excluding hydrogens is 524 g/mol. The van der Waals surface area contributed by atoms with Gasteiger partial charge in [-0.25, -0.2) is 17.2 Å². The van der Waals surface area contributed by atoms with E-state index in [4.69, 9.17) is 0 Å². The molecule has 9 nitrogen and oxygen atoms in total. The number of nitrogens with zero attached hydrogens (tertiary/aromatic N) is 5.